The van der Waals surface area contributed by atoms with Gasteiger partial charge in [0.15, 0.2) is 0 Å². The van der Waals surface area contributed by atoms with Gasteiger partial charge in [0.25, 0.3) is 0 Å². The third-order valence-corrected chi connectivity index (χ3v) is 4.61. The van der Waals surface area contributed by atoms with Crippen molar-refractivity contribution in [2.45, 2.75) is 16.0 Å². The van der Waals surface area contributed by atoms with Crippen LogP contribution < -0.4 is 5.73 Å². The molecule has 2 aromatic rings. The van der Waals surface area contributed by atoms with Crippen LogP contribution in [0, 0.1) is 11.6 Å². The summed E-state index contributed by atoms with van der Waals surface area (Å²) in [4.78, 5) is -1.72. The molecule has 0 spiro atoms. The number of anilines is 1. The molecule has 0 bridgehead atoms. The molecule has 0 saturated carbocycles. The summed E-state index contributed by atoms with van der Waals surface area (Å²) in [6.07, 6.45) is -4.86. The summed E-state index contributed by atoms with van der Waals surface area (Å²) in [5.41, 5.74) is 3.16. The highest BCUT2D eigenvalue weighted by atomic mass is 32.2. The minimum Gasteiger partial charge on any atom is -0.398 e. The second-order valence-electron chi connectivity index (χ2n) is 4.32. The van der Waals surface area contributed by atoms with Crippen LogP contribution in [-0.2, 0) is 16.0 Å². The third-order valence-electron chi connectivity index (χ3n) is 2.82. The molecule has 0 atom stereocenters. The van der Waals surface area contributed by atoms with E-state index >= 15 is 0 Å². The molecule has 0 aliphatic rings. The molecule has 0 amide bonds. The van der Waals surface area contributed by atoms with Crippen molar-refractivity contribution in [1.29, 1.82) is 0 Å². The van der Waals surface area contributed by atoms with Crippen molar-refractivity contribution < 1.29 is 30.4 Å². The molecule has 0 radical (unpaired) electrons. The first-order valence-corrected chi connectivity index (χ1v) is 7.18. The van der Waals surface area contributed by atoms with Gasteiger partial charge in [-0.05, 0) is 30.3 Å². The molecular formula is C13H8F5NO2S. The normalized spacial score (nSPS) is 12.4. The number of nitrogen functional groups attached to an aromatic ring is 1. The summed E-state index contributed by atoms with van der Waals surface area (Å²) in [6.45, 7) is 0. The molecule has 0 fully saturated rings. The van der Waals surface area contributed by atoms with E-state index in [0.29, 0.717) is 24.3 Å². The molecule has 0 aliphatic heterocycles. The van der Waals surface area contributed by atoms with Crippen LogP contribution in [0.1, 0.15) is 5.56 Å². The van der Waals surface area contributed by atoms with E-state index < -0.39 is 48.7 Å². The summed E-state index contributed by atoms with van der Waals surface area (Å²) in [5, 5.41) is 0. The Hall–Kier alpha value is -2.16. The number of hydrogen-bond acceptors (Lipinski definition) is 3. The minimum absolute atomic E-state index is 0.313. The fraction of sp³-hybridized carbons (Fsp3) is 0.0769. The van der Waals surface area contributed by atoms with Gasteiger partial charge in [0.05, 0.1) is 10.5 Å². The molecule has 2 N–H and O–H groups in total. The Balaban J connectivity index is 2.65. The molecule has 2 aromatic carbocycles. The van der Waals surface area contributed by atoms with E-state index in [1.165, 1.54) is 0 Å². The first-order valence-electron chi connectivity index (χ1n) is 5.70. The van der Waals surface area contributed by atoms with Crippen LogP contribution in [0.25, 0.3) is 0 Å². The lowest BCUT2D eigenvalue weighted by molar-refractivity contribution is -0.137. The zero-order valence-corrected chi connectivity index (χ0v) is 11.5. The Morgan fingerprint density at radius 2 is 1.59 bits per heavy atom. The molecule has 0 aliphatic carbocycles. The second kappa shape index (κ2) is 5.24. The largest absolute Gasteiger partial charge is 0.418 e. The number of nitrogens with two attached hydrogens (primary N) is 1. The summed E-state index contributed by atoms with van der Waals surface area (Å²) in [6, 6.07) is 3.56. The van der Waals surface area contributed by atoms with Crippen molar-refractivity contribution in [1.82, 2.24) is 0 Å². The average molecular weight is 337 g/mol. The molecule has 0 unspecified atom stereocenters. The molecule has 0 heterocycles. The van der Waals surface area contributed by atoms with Crippen molar-refractivity contribution in [2.75, 3.05) is 5.73 Å². The fourth-order valence-corrected chi connectivity index (χ4v) is 3.11. The molecule has 118 valence electrons. The van der Waals surface area contributed by atoms with Gasteiger partial charge in [-0.3, -0.25) is 0 Å². The van der Waals surface area contributed by atoms with Gasteiger partial charge in [-0.1, -0.05) is 0 Å². The van der Waals surface area contributed by atoms with E-state index in [1.54, 1.807) is 0 Å². The van der Waals surface area contributed by atoms with E-state index in [4.69, 9.17) is 5.73 Å². The van der Waals surface area contributed by atoms with Crippen molar-refractivity contribution in [3.05, 3.63) is 53.6 Å². The van der Waals surface area contributed by atoms with Crippen molar-refractivity contribution in [3.63, 3.8) is 0 Å². The fourth-order valence-electron chi connectivity index (χ4n) is 1.77. The molecule has 0 saturated heterocycles. The average Bonchev–Trinajstić information content (AvgIpc) is 2.36. The Morgan fingerprint density at radius 1 is 0.955 bits per heavy atom. The van der Waals surface area contributed by atoms with Crippen LogP contribution in [0.5, 0.6) is 0 Å². The lowest BCUT2D eigenvalue weighted by atomic mass is 10.2. The smallest absolute Gasteiger partial charge is 0.398 e. The van der Waals surface area contributed by atoms with E-state index in [1.807, 2.05) is 0 Å². The number of halogens is 5. The van der Waals surface area contributed by atoms with Gasteiger partial charge in [-0.25, -0.2) is 17.2 Å². The third kappa shape index (κ3) is 2.89. The molecule has 3 nitrogen and oxygen atoms in total. The highest BCUT2D eigenvalue weighted by Crippen LogP contribution is 2.36. The maximum Gasteiger partial charge on any atom is 0.418 e. The SMILES string of the molecule is Nc1ccc(S(=O)(=O)c2ccc(F)cc2F)cc1C(F)(F)F. The van der Waals surface area contributed by atoms with Crippen molar-refractivity contribution in [3.8, 4) is 0 Å². The lowest BCUT2D eigenvalue weighted by Crippen LogP contribution is -2.12. The summed E-state index contributed by atoms with van der Waals surface area (Å²) in [5.74, 6) is -2.41. The standard InChI is InChI=1S/C13H8F5NO2S/c14-7-1-4-12(10(15)5-7)22(20,21)8-2-3-11(19)9(6-8)13(16,17)18/h1-6H,19H2. The lowest BCUT2D eigenvalue weighted by Gasteiger charge is -2.12. The maximum atomic E-state index is 13.6. The summed E-state index contributed by atoms with van der Waals surface area (Å²) in [7, 11) is -4.58. The Bertz CT molecular complexity index is 831. The molecular weight excluding hydrogens is 329 g/mol. The molecule has 0 aromatic heterocycles. The molecule has 2 rings (SSSR count). The molecule has 22 heavy (non-hydrogen) atoms. The number of sulfone groups is 1. The van der Waals surface area contributed by atoms with Crippen LogP contribution in [0.4, 0.5) is 27.6 Å². The van der Waals surface area contributed by atoms with E-state index in [0.717, 1.165) is 12.1 Å². The maximum absolute atomic E-state index is 13.6. The number of alkyl halides is 3. The monoisotopic (exact) mass is 337 g/mol. The van der Waals surface area contributed by atoms with Gasteiger partial charge in [-0.2, -0.15) is 13.2 Å². The zero-order valence-electron chi connectivity index (χ0n) is 10.7. The van der Waals surface area contributed by atoms with Gasteiger partial charge in [0.2, 0.25) is 9.84 Å². The predicted molar refractivity (Wildman–Crippen MR) is 67.7 cm³/mol. The van der Waals surface area contributed by atoms with Crippen LogP contribution in [0.2, 0.25) is 0 Å². The van der Waals surface area contributed by atoms with Gasteiger partial charge in [0, 0.05) is 11.8 Å². The minimum atomic E-state index is -4.86. The second-order valence-corrected chi connectivity index (χ2v) is 6.24. The number of hydrogen-bond donors (Lipinski definition) is 1. The Morgan fingerprint density at radius 3 is 2.14 bits per heavy atom. The number of rotatable bonds is 2. The Kier molecular flexibility index (Phi) is 3.86. The molecule has 9 heteroatoms. The first kappa shape index (κ1) is 16.2. The van der Waals surface area contributed by atoms with Crippen molar-refractivity contribution >= 4 is 15.5 Å². The number of benzene rings is 2. The van der Waals surface area contributed by atoms with E-state index in [2.05, 4.69) is 0 Å². The topological polar surface area (TPSA) is 60.2 Å². The van der Waals surface area contributed by atoms with Crippen LogP contribution in [0.15, 0.2) is 46.2 Å². The summed E-state index contributed by atoms with van der Waals surface area (Å²) >= 11 is 0. The summed E-state index contributed by atoms with van der Waals surface area (Å²) < 4.78 is 89.0. The highest BCUT2D eigenvalue weighted by Gasteiger charge is 2.35. The van der Waals surface area contributed by atoms with E-state index in [9.17, 15) is 30.4 Å². The van der Waals surface area contributed by atoms with E-state index in [-0.39, 0.29) is 0 Å². The van der Waals surface area contributed by atoms with Gasteiger partial charge in [-0.15, -0.1) is 0 Å². The van der Waals surface area contributed by atoms with Gasteiger partial charge < -0.3 is 5.73 Å². The van der Waals surface area contributed by atoms with Gasteiger partial charge >= 0.3 is 6.18 Å². The first-order chi connectivity index (χ1) is 10.0. The highest BCUT2D eigenvalue weighted by molar-refractivity contribution is 7.91. The van der Waals surface area contributed by atoms with Crippen LogP contribution in [-0.4, -0.2) is 8.42 Å². The van der Waals surface area contributed by atoms with Crippen LogP contribution in [0.3, 0.4) is 0 Å². The zero-order chi connectivity index (χ0) is 16.7. The van der Waals surface area contributed by atoms with Crippen molar-refractivity contribution in [2.24, 2.45) is 0 Å². The quantitative estimate of drug-likeness (QED) is 0.519. The Labute approximate surface area is 122 Å². The predicted octanol–water partition coefficient (Wildman–Crippen LogP) is 3.40. The van der Waals surface area contributed by atoms with Crippen LogP contribution >= 0.6 is 0 Å². The van der Waals surface area contributed by atoms with Gasteiger partial charge in [0.1, 0.15) is 16.5 Å².